The van der Waals surface area contributed by atoms with E-state index in [0.717, 1.165) is 12.8 Å². The van der Waals surface area contributed by atoms with E-state index >= 15 is 0 Å². The molecule has 0 aromatic carbocycles. The average Bonchev–Trinajstić information content (AvgIpc) is 2.98. The fraction of sp³-hybridized carbons (Fsp3) is 0.600. The number of hydrogen-bond donors (Lipinski definition) is 1. The molecule has 3 rings (SSSR count). The van der Waals surface area contributed by atoms with Crippen molar-refractivity contribution in [3.63, 3.8) is 0 Å². The first kappa shape index (κ1) is 12.1. The summed E-state index contributed by atoms with van der Waals surface area (Å²) in [6, 6.07) is 0. The number of thiazole rings is 1. The maximum atomic E-state index is 11.8. The van der Waals surface area contributed by atoms with Gasteiger partial charge in [-0.25, -0.2) is 13.4 Å². The molecule has 2 heterocycles. The van der Waals surface area contributed by atoms with Gasteiger partial charge in [0.15, 0.2) is 5.13 Å². The molecular weight excluding hydrogens is 274 g/mol. The van der Waals surface area contributed by atoms with Gasteiger partial charge in [-0.2, -0.15) is 4.31 Å². The van der Waals surface area contributed by atoms with Crippen molar-refractivity contribution in [1.82, 2.24) is 9.29 Å². The Morgan fingerprint density at radius 2 is 2.17 bits per heavy atom. The molecule has 0 atom stereocenters. The normalized spacial score (nSPS) is 21.6. The molecule has 0 radical (unpaired) electrons. The Morgan fingerprint density at radius 3 is 2.72 bits per heavy atom. The number of carbonyl (C=O) groups excluding carboxylic acids is 1. The second kappa shape index (κ2) is 4.29. The highest BCUT2D eigenvalue weighted by atomic mass is 32.2. The smallest absolute Gasteiger partial charge is 0.231 e. The molecule has 18 heavy (non-hydrogen) atoms. The van der Waals surface area contributed by atoms with Gasteiger partial charge in [-0.3, -0.25) is 4.79 Å². The average molecular weight is 287 g/mol. The van der Waals surface area contributed by atoms with E-state index < -0.39 is 10.0 Å². The zero-order chi connectivity index (χ0) is 12.8. The van der Waals surface area contributed by atoms with E-state index in [0.29, 0.717) is 18.2 Å². The highest BCUT2D eigenvalue weighted by Gasteiger charge is 2.46. The molecule has 2 aliphatic rings. The van der Waals surface area contributed by atoms with E-state index in [2.05, 4.69) is 10.3 Å². The van der Waals surface area contributed by atoms with Crippen LogP contribution in [0.3, 0.4) is 0 Å². The van der Waals surface area contributed by atoms with Gasteiger partial charge >= 0.3 is 0 Å². The van der Waals surface area contributed by atoms with Gasteiger partial charge in [0, 0.05) is 24.7 Å². The summed E-state index contributed by atoms with van der Waals surface area (Å²) < 4.78 is 25.1. The van der Waals surface area contributed by atoms with Crippen LogP contribution in [0.4, 0.5) is 5.13 Å². The molecule has 1 saturated heterocycles. The lowest BCUT2D eigenvalue weighted by Gasteiger charge is -2.36. The molecule has 1 aromatic rings. The van der Waals surface area contributed by atoms with Crippen molar-refractivity contribution in [2.75, 3.05) is 18.4 Å². The summed E-state index contributed by atoms with van der Waals surface area (Å²) in [5.41, 5.74) is 0. The number of rotatable bonds is 4. The molecule has 0 spiro atoms. The zero-order valence-corrected chi connectivity index (χ0v) is 11.2. The maximum Gasteiger partial charge on any atom is 0.231 e. The van der Waals surface area contributed by atoms with Gasteiger partial charge in [-0.05, 0) is 12.8 Å². The van der Waals surface area contributed by atoms with E-state index in [4.69, 9.17) is 0 Å². The summed E-state index contributed by atoms with van der Waals surface area (Å²) in [5, 5.41) is 4.83. The molecule has 1 aliphatic carbocycles. The SMILES string of the molecule is O=C(Nc1nccs1)C1CN(S(=O)(=O)C2CC2)C1. The largest absolute Gasteiger partial charge is 0.302 e. The van der Waals surface area contributed by atoms with Crippen LogP contribution in [0.5, 0.6) is 0 Å². The van der Waals surface area contributed by atoms with Crippen molar-refractivity contribution in [2.24, 2.45) is 5.92 Å². The van der Waals surface area contributed by atoms with E-state index in [-0.39, 0.29) is 17.1 Å². The molecule has 8 heteroatoms. The van der Waals surface area contributed by atoms with Crippen LogP contribution in [-0.2, 0) is 14.8 Å². The molecular formula is C10H13N3O3S2. The Morgan fingerprint density at radius 1 is 1.44 bits per heavy atom. The number of nitrogens with one attached hydrogen (secondary N) is 1. The monoisotopic (exact) mass is 287 g/mol. The molecule has 2 fully saturated rings. The van der Waals surface area contributed by atoms with E-state index in [1.54, 1.807) is 11.6 Å². The number of nitrogens with zero attached hydrogens (tertiary/aromatic N) is 2. The summed E-state index contributed by atoms with van der Waals surface area (Å²) >= 11 is 1.35. The summed E-state index contributed by atoms with van der Waals surface area (Å²) in [5.74, 6) is -0.394. The highest BCUT2D eigenvalue weighted by Crippen LogP contribution is 2.34. The van der Waals surface area contributed by atoms with Crippen LogP contribution >= 0.6 is 11.3 Å². The number of carbonyl (C=O) groups is 1. The predicted molar refractivity (Wildman–Crippen MR) is 67.7 cm³/mol. The van der Waals surface area contributed by atoms with Crippen molar-refractivity contribution in [2.45, 2.75) is 18.1 Å². The van der Waals surface area contributed by atoms with Crippen LogP contribution in [0.15, 0.2) is 11.6 Å². The first-order valence-electron chi connectivity index (χ1n) is 5.76. The molecule has 1 amide bonds. The first-order chi connectivity index (χ1) is 8.57. The Bertz CT molecular complexity index is 545. The van der Waals surface area contributed by atoms with Crippen LogP contribution < -0.4 is 5.32 Å². The fourth-order valence-corrected chi connectivity index (χ4v) is 4.34. The van der Waals surface area contributed by atoms with Gasteiger partial charge in [0.05, 0.1) is 11.2 Å². The Balaban J connectivity index is 1.54. The van der Waals surface area contributed by atoms with Crippen molar-refractivity contribution in [1.29, 1.82) is 0 Å². The molecule has 0 unspecified atom stereocenters. The first-order valence-corrected chi connectivity index (χ1v) is 8.15. The van der Waals surface area contributed by atoms with Crippen LogP contribution in [0.2, 0.25) is 0 Å². The number of anilines is 1. The number of hydrogen-bond acceptors (Lipinski definition) is 5. The lowest BCUT2D eigenvalue weighted by molar-refractivity contribution is -0.122. The van der Waals surface area contributed by atoms with Gasteiger partial charge in [-0.15, -0.1) is 11.3 Å². The minimum Gasteiger partial charge on any atom is -0.302 e. The lowest BCUT2D eigenvalue weighted by Crippen LogP contribution is -2.55. The van der Waals surface area contributed by atoms with Crippen LogP contribution in [-0.4, -0.2) is 42.0 Å². The second-order valence-corrected chi connectivity index (χ2v) is 7.69. The van der Waals surface area contributed by atoms with E-state index in [1.807, 2.05) is 0 Å². The topological polar surface area (TPSA) is 79.4 Å². The zero-order valence-electron chi connectivity index (χ0n) is 9.57. The fourth-order valence-electron chi connectivity index (χ4n) is 1.88. The molecule has 1 aromatic heterocycles. The quantitative estimate of drug-likeness (QED) is 0.875. The van der Waals surface area contributed by atoms with Gasteiger partial charge in [-0.1, -0.05) is 0 Å². The van der Waals surface area contributed by atoms with Crippen molar-refractivity contribution >= 4 is 32.4 Å². The van der Waals surface area contributed by atoms with Crippen molar-refractivity contribution in [3.8, 4) is 0 Å². The van der Waals surface area contributed by atoms with E-state index in [9.17, 15) is 13.2 Å². The van der Waals surface area contributed by atoms with Gasteiger partial charge in [0.25, 0.3) is 0 Å². The highest BCUT2D eigenvalue weighted by molar-refractivity contribution is 7.90. The van der Waals surface area contributed by atoms with Crippen LogP contribution in [0, 0.1) is 5.92 Å². The van der Waals surface area contributed by atoms with Crippen LogP contribution in [0.1, 0.15) is 12.8 Å². The summed E-state index contributed by atoms with van der Waals surface area (Å²) in [6.07, 6.45) is 3.13. The lowest BCUT2D eigenvalue weighted by atomic mass is 10.0. The van der Waals surface area contributed by atoms with Gasteiger partial charge < -0.3 is 5.32 Å². The van der Waals surface area contributed by atoms with E-state index in [1.165, 1.54) is 15.6 Å². The molecule has 1 N–H and O–H groups in total. The number of aromatic nitrogens is 1. The van der Waals surface area contributed by atoms with Crippen LogP contribution in [0.25, 0.3) is 0 Å². The molecule has 1 saturated carbocycles. The Labute approximate surface area is 109 Å². The molecule has 0 bridgehead atoms. The Kier molecular flexibility index (Phi) is 2.87. The third-order valence-corrected chi connectivity index (χ3v) is 6.21. The summed E-state index contributed by atoms with van der Waals surface area (Å²) in [6.45, 7) is 0.603. The maximum absolute atomic E-state index is 11.8. The van der Waals surface area contributed by atoms with Gasteiger partial charge in [0.1, 0.15) is 0 Å². The third kappa shape index (κ3) is 2.15. The number of amides is 1. The molecule has 1 aliphatic heterocycles. The molecule has 98 valence electrons. The standard InChI is InChI=1S/C10H13N3O3S2/c14-9(12-10-11-3-4-17-10)7-5-13(6-7)18(15,16)8-1-2-8/h3-4,7-8H,1-2,5-6H2,(H,11,12,14). The minimum absolute atomic E-state index is 0.146. The Hall–Kier alpha value is -0.990. The predicted octanol–water partition coefficient (Wildman–Crippen LogP) is 0.506. The van der Waals surface area contributed by atoms with Crippen molar-refractivity contribution < 1.29 is 13.2 Å². The summed E-state index contributed by atoms with van der Waals surface area (Å²) in [7, 11) is -3.12. The second-order valence-electron chi connectivity index (χ2n) is 4.58. The number of sulfonamides is 1. The van der Waals surface area contributed by atoms with Crippen molar-refractivity contribution in [3.05, 3.63) is 11.6 Å². The third-order valence-electron chi connectivity index (χ3n) is 3.19. The summed E-state index contributed by atoms with van der Waals surface area (Å²) in [4.78, 5) is 15.7. The van der Waals surface area contributed by atoms with Gasteiger partial charge in [0.2, 0.25) is 15.9 Å². The minimum atomic E-state index is -3.12. The molecule has 6 nitrogen and oxygen atoms in total.